The lowest BCUT2D eigenvalue weighted by atomic mass is 10.0. The fourth-order valence-corrected chi connectivity index (χ4v) is 2.42. The summed E-state index contributed by atoms with van der Waals surface area (Å²) < 4.78 is 1.18. The molecule has 1 unspecified atom stereocenters. The number of benzene rings is 1. The second-order valence-electron chi connectivity index (χ2n) is 3.66. The first-order chi connectivity index (χ1) is 7.19. The maximum absolute atomic E-state index is 3.80. The van der Waals surface area contributed by atoms with Crippen molar-refractivity contribution >= 4 is 15.9 Å². The summed E-state index contributed by atoms with van der Waals surface area (Å²) in [4.78, 5) is 0. The van der Waals surface area contributed by atoms with Gasteiger partial charge in [0.2, 0.25) is 0 Å². The third-order valence-corrected chi connectivity index (χ3v) is 3.07. The molecule has 15 heavy (non-hydrogen) atoms. The van der Waals surface area contributed by atoms with Crippen molar-refractivity contribution in [3.8, 4) is 0 Å². The predicted molar refractivity (Wildman–Crippen MR) is 70.1 cm³/mol. The van der Waals surface area contributed by atoms with E-state index in [1.54, 1.807) is 0 Å². The van der Waals surface area contributed by atoms with E-state index in [1.165, 1.54) is 15.6 Å². The van der Waals surface area contributed by atoms with Crippen LogP contribution in [0.25, 0.3) is 0 Å². The average Bonchev–Trinajstić information content (AvgIpc) is 2.17. The molecule has 0 heterocycles. The lowest BCUT2D eigenvalue weighted by Crippen LogP contribution is -2.20. The predicted octanol–water partition coefficient (Wildman–Crippen LogP) is 3.98. The van der Waals surface area contributed by atoms with Crippen molar-refractivity contribution in [2.45, 2.75) is 26.3 Å². The molecule has 0 bridgehead atoms. The summed E-state index contributed by atoms with van der Waals surface area (Å²) in [5.74, 6) is 0. The molecule has 82 valence electrons. The third kappa shape index (κ3) is 3.47. The van der Waals surface area contributed by atoms with Gasteiger partial charge < -0.3 is 5.32 Å². The van der Waals surface area contributed by atoms with Gasteiger partial charge in [0.05, 0.1) is 0 Å². The highest BCUT2D eigenvalue weighted by atomic mass is 79.9. The van der Waals surface area contributed by atoms with E-state index in [2.05, 4.69) is 59.9 Å². The topological polar surface area (TPSA) is 12.0 Å². The van der Waals surface area contributed by atoms with Crippen molar-refractivity contribution in [2.24, 2.45) is 0 Å². The molecule has 1 aromatic rings. The first-order valence-corrected chi connectivity index (χ1v) is 6.08. The number of aryl methyl sites for hydroxylation is 1. The maximum Gasteiger partial charge on any atom is 0.0365 e. The molecular formula is C13H18BrN. The number of nitrogens with one attached hydrogen (secondary N) is 1. The van der Waals surface area contributed by atoms with Crippen LogP contribution in [0.5, 0.6) is 0 Å². The Bertz CT molecular complexity index is 333. The average molecular weight is 268 g/mol. The molecule has 0 aliphatic rings. The van der Waals surface area contributed by atoms with Gasteiger partial charge in [0.1, 0.15) is 0 Å². The highest BCUT2D eigenvalue weighted by Crippen LogP contribution is 2.26. The SMILES string of the molecule is C=CCC(NCC)c1ccc(C)cc1Br. The molecule has 0 aliphatic heterocycles. The minimum Gasteiger partial charge on any atom is -0.310 e. The van der Waals surface area contributed by atoms with E-state index in [0.717, 1.165) is 13.0 Å². The van der Waals surface area contributed by atoms with Crippen molar-refractivity contribution in [2.75, 3.05) is 6.54 Å². The minimum absolute atomic E-state index is 0.363. The molecule has 0 saturated heterocycles. The van der Waals surface area contributed by atoms with Gasteiger partial charge in [0.25, 0.3) is 0 Å². The summed E-state index contributed by atoms with van der Waals surface area (Å²) >= 11 is 3.61. The molecule has 0 radical (unpaired) electrons. The first kappa shape index (κ1) is 12.5. The third-order valence-electron chi connectivity index (χ3n) is 2.38. The van der Waals surface area contributed by atoms with E-state index in [9.17, 15) is 0 Å². The molecule has 1 rings (SSSR count). The molecule has 0 spiro atoms. The molecule has 2 heteroatoms. The lowest BCUT2D eigenvalue weighted by Gasteiger charge is -2.18. The molecular weight excluding hydrogens is 250 g/mol. The number of hydrogen-bond donors (Lipinski definition) is 1. The Hall–Kier alpha value is -0.600. The largest absolute Gasteiger partial charge is 0.310 e. The Morgan fingerprint density at radius 1 is 1.53 bits per heavy atom. The summed E-state index contributed by atoms with van der Waals surface area (Å²) in [6.45, 7) is 9.00. The molecule has 1 nitrogen and oxygen atoms in total. The van der Waals surface area contributed by atoms with Crippen LogP contribution < -0.4 is 5.32 Å². The zero-order valence-corrected chi connectivity index (χ0v) is 11.0. The Labute approximate surface area is 101 Å². The van der Waals surface area contributed by atoms with Crippen LogP contribution in [0.15, 0.2) is 35.3 Å². The summed E-state index contributed by atoms with van der Waals surface area (Å²) in [5.41, 5.74) is 2.59. The second kappa shape index (κ2) is 6.09. The normalized spacial score (nSPS) is 12.5. The first-order valence-electron chi connectivity index (χ1n) is 5.29. The van der Waals surface area contributed by atoms with Crippen molar-refractivity contribution < 1.29 is 0 Å². The summed E-state index contributed by atoms with van der Waals surface area (Å²) in [5, 5.41) is 3.46. The van der Waals surface area contributed by atoms with Crippen LogP contribution in [0.3, 0.4) is 0 Å². The molecule has 0 fully saturated rings. The zero-order chi connectivity index (χ0) is 11.3. The van der Waals surface area contributed by atoms with E-state index >= 15 is 0 Å². The van der Waals surface area contributed by atoms with Crippen LogP contribution in [0, 0.1) is 6.92 Å². The van der Waals surface area contributed by atoms with E-state index in [0.29, 0.717) is 6.04 Å². The van der Waals surface area contributed by atoms with Crippen LogP contribution in [0.4, 0.5) is 0 Å². The molecule has 0 saturated carbocycles. The van der Waals surface area contributed by atoms with Gasteiger partial charge in [-0.05, 0) is 37.1 Å². The Balaban J connectivity index is 2.94. The van der Waals surface area contributed by atoms with Crippen molar-refractivity contribution in [1.82, 2.24) is 5.32 Å². The standard InChI is InChI=1S/C13H18BrN/c1-4-6-13(15-5-2)11-8-7-10(3)9-12(11)14/h4,7-9,13,15H,1,5-6H2,2-3H3. The molecule has 1 N–H and O–H groups in total. The highest BCUT2D eigenvalue weighted by molar-refractivity contribution is 9.10. The van der Waals surface area contributed by atoms with E-state index in [-0.39, 0.29) is 0 Å². The van der Waals surface area contributed by atoms with Crippen LogP contribution in [-0.4, -0.2) is 6.54 Å². The summed E-state index contributed by atoms with van der Waals surface area (Å²) in [6, 6.07) is 6.84. The van der Waals surface area contributed by atoms with Crippen molar-refractivity contribution in [1.29, 1.82) is 0 Å². The van der Waals surface area contributed by atoms with Crippen LogP contribution in [0.2, 0.25) is 0 Å². The quantitative estimate of drug-likeness (QED) is 0.796. The monoisotopic (exact) mass is 267 g/mol. The van der Waals surface area contributed by atoms with Crippen molar-refractivity contribution in [3.63, 3.8) is 0 Å². The van der Waals surface area contributed by atoms with Gasteiger partial charge in [0.15, 0.2) is 0 Å². The number of hydrogen-bond acceptors (Lipinski definition) is 1. The molecule has 1 aromatic carbocycles. The smallest absolute Gasteiger partial charge is 0.0365 e. The van der Waals surface area contributed by atoms with Gasteiger partial charge >= 0.3 is 0 Å². The van der Waals surface area contributed by atoms with Crippen molar-refractivity contribution in [3.05, 3.63) is 46.5 Å². The summed E-state index contributed by atoms with van der Waals surface area (Å²) in [6.07, 6.45) is 2.91. The highest BCUT2D eigenvalue weighted by Gasteiger charge is 2.11. The Morgan fingerprint density at radius 2 is 2.27 bits per heavy atom. The van der Waals surface area contributed by atoms with Gasteiger partial charge in [-0.15, -0.1) is 6.58 Å². The lowest BCUT2D eigenvalue weighted by molar-refractivity contribution is 0.557. The fourth-order valence-electron chi connectivity index (χ4n) is 1.65. The van der Waals surface area contributed by atoms with Gasteiger partial charge in [-0.3, -0.25) is 0 Å². The fraction of sp³-hybridized carbons (Fsp3) is 0.385. The van der Waals surface area contributed by atoms with Crippen LogP contribution in [-0.2, 0) is 0 Å². The van der Waals surface area contributed by atoms with Gasteiger partial charge in [-0.25, -0.2) is 0 Å². The van der Waals surface area contributed by atoms with E-state index < -0.39 is 0 Å². The Kier molecular flexibility index (Phi) is 5.06. The Morgan fingerprint density at radius 3 is 2.80 bits per heavy atom. The summed E-state index contributed by atoms with van der Waals surface area (Å²) in [7, 11) is 0. The van der Waals surface area contributed by atoms with Gasteiger partial charge in [-0.2, -0.15) is 0 Å². The molecule has 1 atom stereocenters. The zero-order valence-electron chi connectivity index (χ0n) is 9.39. The van der Waals surface area contributed by atoms with E-state index in [4.69, 9.17) is 0 Å². The van der Waals surface area contributed by atoms with Gasteiger partial charge in [0, 0.05) is 10.5 Å². The molecule has 0 aromatic heterocycles. The number of halogens is 1. The van der Waals surface area contributed by atoms with Crippen LogP contribution >= 0.6 is 15.9 Å². The van der Waals surface area contributed by atoms with Gasteiger partial charge in [-0.1, -0.05) is 41.1 Å². The molecule has 0 amide bonds. The molecule has 0 aliphatic carbocycles. The second-order valence-corrected chi connectivity index (χ2v) is 4.51. The van der Waals surface area contributed by atoms with E-state index in [1.807, 2.05) is 6.08 Å². The number of rotatable bonds is 5. The minimum atomic E-state index is 0.363. The van der Waals surface area contributed by atoms with Crippen LogP contribution in [0.1, 0.15) is 30.5 Å². The maximum atomic E-state index is 3.80.